The molecule has 0 saturated heterocycles. The third-order valence-electron chi connectivity index (χ3n) is 2.58. The van der Waals surface area contributed by atoms with E-state index < -0.39 is 10.8 Å². The van der Waals surface area contributed by atoms with E-state index in [0.29, 0.717) is 14.3 Å². The molecule has 0 aliphatic carbocycles. The predicted octanol–water partition coefficient (Wildman–Crippen LogP) is 4.87. The van der Waals surface area contributed by atoms with Gasteiger partial charge in [0.1, 0.15) is 0 Å². The molecule has 0 spiro atoms. The fraction of sp³-hybridized carbons (Fsp3) is 0. The molecule has 2 aromatic carbocycles. The van der Waals surface area contributed by atoms with Gasteiger partial charge in [-0.05, 0) is 46.9 Å². The van der Waals surface area contributed by atoms with Gasteiger partial charge in [0.2, 0.25) is 0 Å². The largest absolute Gasteiger partial charge is 0.321 e. The summed E-state index contributed by atoms with van der Waals surface area (Å²) in [4.78, 5) is 22.5. The summed E-state index contributed by atoms with van der Waals surface area (Å²) in [5.74, 6) is -0.455. The lowest BCUT2D eigenvalue weighted by Crippen LogP contribution is -2.14. The number of carbonyl (C=O) groups excluding carboxylic acids is 1. The first-order valence-electron chi connectivity index (χ1n) is 5.59. The Balaban J connectivity index is 2.34. The summed E-state index contributed by atoms with van der Waals surface area (Å²) in [5, 5.41) is 13.8. The standard InChI is InChI=1S/C13H7BrClIN2O3/c14-7-1-3-10(15)12(5-7)17-13(19)9-6-8(18(20)21)2-4-11(9)16/h1-6H,(H,17,19). The zero-order valence-electron chi connectivity index (χ0n) is 10.3. The summed E-state index contributed by atoms with van der Waals surface area (Å²) in [7, 11) is 0. The summed E-state index contributed by atoms with van der Waals surface area (Å²) >= 11 is 11.2. The lowest BCUT2D eigenvalue weighted by atomic mass is 10.2. The van der Waals surface area contributed by atoms with Crippen LogP contribution in [0.4, 0.5) is 11.4 Å². The summed E-state index contributed by atoms with van der Waals surface area (Å²) in [6.07, 6.45) is 0. The van der Waals surface area contributed by atoms with Crippen molar-refractivity contribution >= 4 is 67.4 Å². The molecule has 0 aromatic heterocycles. The van der Waals surface area contributed by atoms with Crippen molar-refractivity contribution in [2.45, 2.75) is 0 Å². The van der Waals surface area contributed by atoms with E-state index in [1.807, 2.05) is 22.6 Å². The van der Waals surface area contributed by atoms with Crippen LogP contribution in [0.15, 0.2) is 40.9 Å². The topological polar surface area (TPSA) is 72.2 Å². The Bertz CT molecular complexity index is 739. The van der Waals surface area contributed by atoms with E-state index in [4.69, 9.17) is 11.6 Å². The van der Waals surface area contributed by atoms with Crippen molar-refractivity contribution in [1.29, 1.82) is 0 Å². The smallest absolute Gasteiger partial charge is 0.270 e. The van der Waals surface area contributed by atoms with E-state index >= 15 is 0 Å². The number of hydrogen-bond acceptors (Lipinski definition) is 3. The summed E-state index contributed by atoms with van der Waals surface area (Å²) < 4.78 is 1.37. The summed E-state index contributed by atoms with van der Waals surface area (Å²) in [5.41, 5.74) is 0.514. The fourth-order valence-electron chi connectivity index (χ4n) is 1.58. The molecule has 2 aromatic rings. The molecule has 2 rings (SSSR count). The van der Waals surface area contributed by atoms with E-state index in [9.17, 15) is 14.9 Å². The summed E-state index contributed by atoms with van der Waals surface area (Å²) in [6.45, 7) is 0. The molecule has 0 fully saturated rings. The summed E-state index contributed by atoms with van der Waals surface area (Å²) in [6, 6.07) is 9.16. The van der Waals surface area contributed by atoms with E-state index in [2.05, 4.69) is 21.2 Å². The maximum absolute atomic E-state index is 12.3. The first-order chi connectivity index (χ1) is 9.88. The number of rotatable bonds is 3. The highest BCUT2D eigenvalue weighted by Crippen LogP contribution is 2.27. The highest BCUT2D eigenvalue weighted by Gasteiger charge is 2.16. The van der Waals surface area contributed by atoms with Crippen LogP contribution in [0.3, 0.4) is 0 Å². The normalized spacial score (nSPS) is 10.2. The molecule has 0 saturated carbocycles. The van der Waals surface area contributed by atoms with Crippen LogP contribution in [0.25, 0.3) is 0 Å². The minimum Gasteiger partial charge on any atom is -0.321 e. The number of carbonyl (C=O) groups is 1. The third-order valence-corrected chi connectivity index (χ3v) is 4.35. The molecule has 0 aliphatic heterocycles. The quantitative estimate of drug-likeness (QED) is 0.386. The molecule has 0 heterocycles. The van der Waals surface area contributed by atoms with Crippen LogP contribution in [0, 0.1) is 13.7 Å². The number of nitro benzene ring substituents is 1. The van der Waals surface area contributed by atoms with Crippen LogP contribution >= 0.6 is 50.1 Å². The minimum absolute atomic E-state index is 0.138. The molecule has 1 N–H and O–H groups in total. The highest BCUT2D eigenvalue weighted by molar-refractivity contribution is 14.1. The van der Waals surface area contributed by atoms with Crippen molar-refractivity contribution in [1.82, 2.24) is 0 Å². The Labute approximate surface area is 147 Å². The third kappa shape index (κ3) is 3.92. The monoisotopic (exact) mass is 480 g/mol. The minimum atomic E-state index is -0.543. The second-order valence-corrected chi connectivity index (χ2v) is 6.48. The number of nitro groups is 1. The van der Waals surface area contributed by atoms with Gasteiger partial charge in [-0.2, -0.15) is 0 Å². The number of anilines is 1. The zero-order chi connectivity index (χ0) is 15.6. The van der Waals surface area contributed by atoms with Gasteiger partial charge in [0, 0.05) is 20.2 Å². The predicted molar refractivity (Wildman–Crippen MR) is 92.9 cm³/mol. The lowest BCUT2D eigenvalue weighted by Gasteiger charge is -2.09. The Morgan fingerprint density at radius 3 is 2.67 bits per heavy atom. The van der Waals surface area contributed by atoms with Crippen molar-refractivity contribution in [3.63, 3.8) is 0 Å². The molecule has 0 bridgehead atoms. The number of benzene rings is 2. The number of nitrogens with one attached hydrogen (secondary N) is 1. The highest BCUT2D eigenvalue weighted by atomic mass is 127. The van der Waals surface area contributed by atoms with Crippen LogP contribution in [-0.4, -0.2) is 10.8 Å². The van der Waals surface area contributed by atoms with Gasteiger partial charge in [-0.15, -0.1) is 0 Å². The van der Waals surface area contributed by atoms with E-state index in [0.717, 1.165) is 4.47 Å². The molecule has 0 radical (unpaired) electrons. The maximum Gasteiger partial charge on any atom is 0.270 e. The second kappa shape index (κ2) is 6.71. The number of hydrogen-bond donors (Lipinski definition) is 1. The van der Waals surface area contributed by atoms with Crippen molar-refractivity contribution < 1.29 is 9.72 Å². The van der Waals surface area contributed by atoms with Crippen LogP contribution in [0.1, 0.15) is 10.4 Å². The Hall–Kier alpha value is -1.19. The molecule has 0 aliphatic rings. The molecule has 5 nitrogen and oxygen atoms in total. The van der Waals surface area contributed by atoms with Gasteiger partial charge < -0.3 is 5.32 Å². The lowest BCUT2D eigenvalue weighted by molar-refractivity contribution is -0.384. The fourth-order valence-corrected chi connectivity index (χ4v) is 2.69. The number of nitrogens with zero attached hydrogens (tertiary/aromatic N) is 1. The Morgan fingerprint density at radius 2 is 2.00 bits per heavy atom. The first-order valence-corrected chi connectivity index (χ1v) is 7.84. The average molecular weight is 481 g/mol. The zero-order valence-corrected chi connectivity index (χ0v) is 14.8. The van der Waals surface area contributed by atoms with E-state index in [1.54, 1.807) is 18.2 Å². The molecule has 1 amide bonds. The van der Waals surface area contributed by atoms with Crippen molar-refractivity contribution in [3.05, 3.63) is 65.1 Å². The van der Waals surface area contributed by atoms with E-state index in [1.165, 1.54) is 18.2 Å². The van der Waals surface area contributed by atoms with Crippen molar-refractivity contribution in [3.8, 4) is 0 Å². The maximum atomic E-state index is 12.3. The molecule has 0 unspecified atom stereocenters. The van der Waals surface area contributed by atoms with E-state index in [-0.39, 0.29) is 11.3 Å². The molecule has 8 heteroatoms. The molecular formula is C13H7BrClIN2O3. The van der Waals surface area contributed by atoms with Gasteiger partial charge in [0.15, 0.2) is 0 Å². The van der Waals surface area contributed by atoms with Crippen LogP contribution in [-0.2, 0) is 0 Å². The van der Waals surface area contributed by atoms with Crippen LogP contribution in [0.2, 0.25) is 5.02 Å². The van der Waals surface area contributed by atoms with Gasteiger partial charge in [-0.1, -0.05) is 27.5 Å². The van der Waals surface area contributed by atoms with Crippen LogP contribution in [0.5, 0.6) is 0 Å². The molecule has 0 atom stereocenters. The van der Waals surface area contributed by atoms with Crippen molar-refractivity contribution in [2.24, 2.45) is 0 Å². The SMILES string of the molecule is O=C(Nc1cc(Br)ccc1Cl)c1cc([N+](=O)[O-])ccc1I. The van der Waals surface area contributed by atoms with Gasteiger partial charge in [-0.3, -0.25) is 14.9 Å². The molecule has 108 valence electrons. The second-order valence-electron chi connectivity index (χ2n) is 4.00. The van der Waals surface area contributed by atoms with Gasteiger partial charge in [0.05, 0.1) is 21.2 Å². The van der Waals surface area contributed by atoms with Crippen molar-refractivity contribution in [2.75, 3.05) is 5.32 Å². The Kier molecular flexibility index (Phi) is 5.17. The number of amides is 1. The van der Waals surface area contributed by atoms with Gasteiger partial charge in [-0.25, -0.2) is 0 Å². The van der Waals surface area contributed by atoms with Gasteiger partial charge in [0.25, 0.3) is 11.6 Å². The number of halogens is 3. The Morgan fingerprint density at radius 1 is 1.29 bits per heavy atom. The first kappa shape index (κ1) is 16.2. The molecule has 21 heavy (non-hydrogen) atoms. The number of non-ortho nitro benzene ring substituents is 1. The van der Waals surface area contributed by atoms with Gasteiger partial charge >= 0.3 is 0 Å². The molecular weight excluding hydrogens is 474 g/mol. The average Bonchev–Trinajstić information content (AvgIpc) is 2.43. The van der Waals surface area contributed by atoms with Crippen LogP contribution < -0.4 is 5.32 Å².